The molecule has 11 heavy (non-hydrogen) atoms. The Bertz CT molecular complexity index is 84.1. The average Bonchev–Trinajstić information content (AvgIpc) is 1.85. The maximum absolute atomic E-state index is 5.24. The van der Waals surface area contributed by atoms with Crippen LogP contribution in [0.4, 0.5) is 0 Å². The fraction of sp³-hybridized carbons (Fsp3) is 1.00. The zero-order valence-corrected chi connectivity index (χ0v) is 9.49. The van der Waals surface area contributed by atoms with Crippen molar-refractivity contribution < 1.29 is 0 Å². The molecule has 0 rings (SSSR count). The van der Waals surface area contributed by atoms with Gasteiger partial charge >= 0.3 is 0 Å². The Morgan fingerprint density at radius 3 is 2.36 bits per heavy atom. The second-order valence-corrected chi connectivity index (χ2v) is 5.73. The van der Waals surface area contributed by atoms with E-state index in [1.165, 1.54) is 25.0 Å². The van der Waals surface area contributed by atoms with Gasteiger partial charge in [-0.3, -0.25) is 0 Å². The summed E-state index contributed by atoms with van der Waals surface area (Å²) in [7, 11) is 0. The van der Waals surface area contributed by atoms with Crippen LogP contribution >= 0.6 is 24.4 Å². The van der Waals surface area contributed by atoms with Crippen LogP contribution in [0.5, 0.6) is 0 Å². The van der Waals surface area contributed by atoms with E-state index in [4.69, 9.17) is 12.6 Å². The molecule has 0 nitrogen and oxygen atoms in total. The molecule has 0 aromatic carbocycles. The van der Waals surface area contributed by atoms with E-state index < -0.39 is 0 Å². The lowest BCUT2D eigenvalue weighted by Gasteiger charge is -2.14. The van der Waals surface area contributed by atoms with Crippen molar-refractivity contribution in [2.45, 2.75) is 44.8 Å². The van der Waals surface area contributed by atoms with Gasteiger partial charge in [-0.25, -0.2) is 0 Å². The third-order valence-corrected chi connectivity index (χ3v) is 3.17. The molecule has 1 radical (unpaired) electrons. The Balaban J connectivity index is 3.02. The minimum atomic E-state index is 0.0941. The first-order valence-corrected chi connectivity index (χ1v) is 5.91. The van der Waals surface area contributed by atoms with Gasteiger partial charge in [0.05, 0.1) is 0 Å². The summed E-state index contributed by atoms with van der Waals surface area (Å²) in [5.74, 6) is 2.40. The predicted molar refractivity (Wildman–Crippen MR) is 58.5 cm³/mol. The molecular weight excluding hydrogens is 172 g/mol. The van der Waals surface area contributed by atoms with Crippen LogP contribution < -0.4 is 0 Å². The Kier molecular flexibility index (Phi) is 6.64. The van der Waals surface area contributed by atoms with Gasteiger partial charge in [-0.2, -0.15) is 11.8 Å². The van der Waals surface area contributed by atoms with Crippen LogP contribution in [0.2, 0.25) is 0 Å². The quantitative estimate of drug-likeness (QED) is 0.574. The van der Waals surface area contributed by atoms with Gasteiger partial charge in [-0.15, -0.1) is 0 Å². The molecule has 0 N–H and O–H groups in total. The SMILES string of the molecule is CCCCCSCC(C)(C)[S]. The first kappa shape index (κ1) is 11.7. The molecule has 0 unspecified atom stereocenters. The molecule has 0 amide bonds. The standard InChI is InChI=1S/C9H19S2/c1-4-5-6-7-11-8-9(2,3)10/h4-8H2,1-3H3. The number of unbranched alkanes of at least 4 members (excludes halogenated alkanes) is 2. The van der Waals surface area contributed by atoms with Gasteiger partial charge in [0.25, 0.3) is 0 Å². The van der Waals surface area contributed by atoms with E-state index in [2.05, 4.69) is 20.8 Å². The fourth-order valence-corrected chi connectivity index (χ4v) is 2.07. The van der Waals surface area contributed by atoms with E-state index in [0.717, 1.165) is 5.75 Å². The highest BCUT2D eigenvalue weighted by Crippen LogP contribution is 2.19. The number of hydrogen-bond donors (Lipinski definition) is 0. The Labute approximate surface area is 80.9 Å². The van der Waals surface area contributed by atoms with Crippen LogP contribution in [0.1, 0.15) is 40.0 Å². The second-order valence-electron chi connectivity index (χ2n) is 3.52. The van der Waals surface area contributed by atoms with Crippen LogP contribution in [-0.4, -0.2) is 16.3 Å². The van der Waals surface area contributed by atoms with Crippen molar-refractivity contribution in [3.8, 4) is 0 Å². The summed E-state index contributed by atoms with van der Waals surface area (Å²) in [6.45, 7) is 6.48. The van der Waals surface area contributed by atoms with Crippen LogP contribution in [0.15, 0.2) is 0 Å². The van der Waals surface area contributed by atoms with E-state index in [9.17, 15) is 0 Å². The topological polar surface area (TPSA) is 0 Å². The van der Waals surface area contributed by atoms with Crippen molar-refractivity contribution in [3.63, 3.8) is 0 Å². The van der Waals surface area contributed by atoms with Crippen molar-refractivity contribution in [2.24, 2.45) is 0 Å². The van der Waals surface area contributed by atoms with Crippen molar-refractivity contribution in [1.29, 1.82) is 0 Å². The highest BCUT2D eigenvalue weighted by Gasteiger charge is 2.11. The molecule has 0 aromatic rings. The zero-order chi connectivity index (χ0) is 8.74. The van der Waals surface area contributed by atoms with Gasteiger partial charge < -0.3 is 0 Å². The summed E-state index contributed by atoms with van der Waals surface area (Å²) in [5.41, 5.74) is 0. The number of hydrogen-bond acceptors (Lipinski definition) is 1. The Morgan fingerprint density at radius 1 is 1.27 bits per heavy atom. The van der Waals surface area contributed by atoms with E-state index in [0.29, 0.717) is 0 Å². The minimum absolute atomic E-state index is 0.0941. The third-order valence-electron chi connectivity index (χ3n) is 1.34. The molecule has 0 aliphatic heterocycles. The molecular formula is C9H19S2. The number of thioether (sulfide) groups is 1. The van der Waals surface area contributed by atoms with Gasteiger partial charge in [0.15, 0.2) is 0 Å². The Morgan fingerprint density at radius 2 is 1.91 bits per heavy atom. The summed E-state index contributed by atoms with van der Waals surface area (Å²) in [4.78, 5) is 0. The van der Waals surface area contributed by atoms with E-state index >= 15 is 0 Å². The lowest BCUT2D eigenvalue weighted by molar-refractivity contribution is 0.774. The molecule has 2 heteroatoms. The van der Waals surface area contributed by atoms with Crippen LogP contribution in [0.25, 0.3) is 0 Å². The smallest absolute Gasteiger partial charge is 0.0297 e. The summed E-state index contributed by atoms with van der Waals surface area (Å²) < 4.78 is 0.0941. The van der Waals surface area contributed by atoms with Crippen molar-refractivity contribution in [1.82, 2.24) is 0 Å². The molecule has 0 saturated carbocycles. The molecule has 0 bridgehead atoms. The molecule has 0 aromatic heterocycles. The second kappa shape index (κ2) is 6.24. The van der Waals surface area contributed by atoms with Crippen LogP contribution in [0.3, 0.4) is 0 Å². The predicted octanol–water partition coefficient (Wildman–Crippen LogP) is 3.89. The summed E-state index contributed by atoms with van der Waals surface area (Å²) in [6, 6.07) is 0. The van der Waals surface area contributed by atoms with Gasteiger partial charge in [0, 0.05) is 10.5 Å². The molecule has 0 fully saturated rings. The summed E-state index contributed by atoms with van der Waals surface area (Å²) >= 11 is 7.24. The van der Waals surface area contributed by atoms with Crippen molar-refractivity contribution in [3.05, 3.63) is 0 Å². The van der Waals surface area contributed by atoms with E-state index in [1.807, 2.05) is 11.8 Å². The highest BCUT2D eigenvalue weighted by atomic mass is 32.2. The van der Waals surface area contributed by atoms with Gasteiger partial charge in [0.2, 0.25) is 0 Å². The first-order valence-electron chi connectivity index (χ1n) is 4.34. The molecule has 67 valence electrons. The average molecular weight is 191 g/mol. The summed E-state index contributed by atoms with van der Waals surface area (Å²) in [5, 5.41) is 0. The zero-order valence-electron chi connectivity index (χ0n) is 7.85. The molecule has 0 atom stereocenters. The lowest BCUT2D eigenvalue weighted by Crippen LogP contribution is -2.13. The maximum atomic E-state index is 5.24. The molecule has 0 aliphatic carbocycles. The van der Waals surface area contributed by atoms with Gasteiger partial charge in [0.1, 0.15) is 0 Å². The van der Waals surface area contributed by atoms with Gasteiger partial charge in [-0.05, 0) is 26.0 Å². The maximum Gasteiger partial charge on any atom is 0.0297 e. The monoisotopic (exact) mass is 191 g/mol. The first-order chi connectivity index (χ1) is 5.06. The van der Waals surface area contributed by atoms with Gasteiger partial charge in [-0.1, -0.05) is 32.4 Å². The molecule has 0 heterocycles. The Hall–Kier alpha value is 0.700. The largest absolute Gasteiger partial charge is 0.161 e. The molecule has 0 aliphatic rings. The lowest BCUT2D eigenvalue weighted by atomic mass is 10.2. The highest BCUT2D eigenvalue weighted by molar-refractivity contribution is 8.00. The molecule has 0 spiro atoms. The molecule has 0 saturated heterocycles. The van der Waals surface area contributed by atoms with Crippen molar-refractivity contribution >= 4 is 24.4 Å². The number of rotatable bonds is 6. The minimum Gasteiger partial charge on any atom is -0.161 e. The van der Waals surface area contributed by atoms with Crippen LogP contribution in [-0.2, 0) is 0 Å². The summed E-state index contributed by atoms with van der Waals surface area (Å²) in [6.07, 6.45) is 4.04. The van der Waals surface area contributed by atoms with E-state index in [1.54, 1.807) is 0 Å². The normalized spacial score (nSPS) is 12.0. The van der Waals surface area contributed by atoms with E-state index in [-0.39, 0.29) is 4.75 Å². The fourth-order valence-electron chi connectivity index (χ4n) is 0.772. The van der Waals surface area contributed by atoms with Crippen LogP contribution in [0, 0.1) is 0 Å². The third kappa shape index (κ3) is 10.7. The van der Waals surface area contributed by atoms with Crippen molar-refractivity contribution in [2.75, 3.05) is 11.5 Å².